The van der Waals surface area contributed by atoms with Crippen molar-refractivity contribution in [3.63, 3.8) is 0 Å². The monoisotopic (exact) mass is 838 g/mol. The maximum atomic E-state index is 2.48. The highest BCUT2D eigenvalue weighted by molar-refractivity contribution is 6.27. The molecule has 4 heterocycles. The molecule has 0 saturated carbocycles. The van der Waals surface area contributed by atoms with Crippen molar-refractivity contribution in [3.8, 4) is 33.9 Å². The van der Waals surface area contributed by atoms with Crippen molar-refractivity contribution >= 4 is 98.0 Å². The summed E-state index contributed by atoms with van der Waals surface area (Å²) in [7, 11) is 0. The third kappa shape index (κ3) is 4.82. The van der Waals surface area contributed by atoms with E-state index in [-0.39, 0.29) is 0 Å². The summed E-state index contributed by atoms with van der Waals surface area (Å²) in [4.78, 5) is 0. The highest BCUT2D eigenvalue weighted by Crippen LogP contribution is 2.45. The van der Waals surface area contributed by atoms with E-state index >= 15 is 0 Å². The first-order valence-electron chi connectivity index (χ1n) is 22.8. The predicted molar refractivity (Wildman–Crippen MR) is 278 cm³/mol. The summed E-state index contributed by atoms with van der Waals surface area (Å²) >= 11 is 0. The number of benzene rings is 11. The maximum Gasteiger partial charge on any atom is 0.0547 e. The lowest BCUT2D eigenvalue weighted by Crippen LogP contribution is -1.96. The molecular weight excluding hydrogens is 801 g/mol. The summed E-state index contributed by atoms with van der Waals surface area (Å²) in [5, 5.41) is 12.6. The van der Waals surface area contributed by atoms with Gasteiger partial charge < -0.3 is 18.3 Å². The molecule has 4 nitrogen and oxygen atoms in total. The van der Waals surface area contributed by atoms with E-state index in [1.54, 1.807) is 0 Å². The van der Waals surface area contributed by atoms with Crippen LogP contribution in [0.5, 0.6) is 0 Å². The topological polar surface area (TPSA) is 19.7 Å². The van der Waals surface area contributed by atoms with Gasteiger partial charge in [0.2, 0.25) is 0 Å². The molecular formula is C62H38N4. The van der Waals surface area contributed by atoms with Crippen LogP contribution < -0.4 is 0 Å². The molecule has 0 saturated heterocycles. The first-order valence-corrected chi connectivity index (χ1v) is 22.8. The first-order chi connectivity index (χ1) is 32.8. The van der Waals surface area contributed by atoms with Crippen LogP contribution in [0.4, 0.5) is 0 Å². The van der Waals surface area contributed by atoms with E-state index in [0.717, 1.165) is 11.4 Å². The van der Waals surface area contributed by atoms with Gasteiger partial charge in [-0.1, -0.05) is 127 Å². The molecule has 4 heteroatoms. The smallest absolute Gasteiger partial charge is 0.0547 e. The van der Waals surface area contributed by atoms with Gasteiger partial charge >= 0.3 is 0 Å². The predicted octanol–water partition coefficient (Wildman–Crippen LogP) is 16.3. The number of hydrogen-bond donors (Lipinski definition) is 0. The van der Waals surface area contributed by atoms with Crippen LogP contribution in [0.15, 0.2) is 231 Å². The van der Waals surface area contributed by atoms with Crippen molar-refractivity contribution in [3.05, 3.63) is 231 Å². The number of hydrogen-bond acceptors (Lipinski definition) is 0. The lowest BCUT2D eigenvalue weighted by molar-refractivity contribution is 1.16. The molecule has 0 aliphatic carbocycles. The van der Waals surface area contributed by atoms with Crippen molar-refractivity contribution in [1.29, 1.82) is 0 Å². The Balaban J connectivity index is 0.911. The molecule has 0 radical (unpaired) electrons. The maximum absolute atomic E-state index is 2.48. The summed E-state index contributed by atoms with van der Waals surface area (Å²) in [6.45, 7) is 0. The number of para-hydroxylation sites is 5. The number of rotatable bonds is 5. The normalized spacial score (nSPS) is 12.2. The van der Waals surface area contributed by atoms with Crippen LogP contribution >= 0.6 is 0 Å². The Morgan fingerprint density at radius 3 is 1.21 bits per heavy atom. The molecule has 66 heavy (non-hydrogen) atoms. The minimum absolute atomic E-state index is 1.15. The lowest BCUT2D eigenvalue weighted by Gasteiger charge is -2.12. The van der Waals surface area contributed by atoms with E-state index in [1.165, 1.54) is 120 Å². The van der Waals surface area contributed by atoms with Crippen LogP contribution in [-0.2, 0) is 0 Å². The number of aromatic nitrogens is 4. The zero-order chi connectivity index (χ0) is 43.0. The van der Waals surface area contributed by atoms with E-state index in [1.807, 2.05) is 0 Å². The van der Waals surface area contributed by atoms with Gasteiger partial charge in [-0.15, -0.1) is 0 Å². The van der Waals surface area contributed by atoms with Crippen molar-refractivity contribution in [2.75, 3.05) is 0 Å². The SMILES string of the molecule is c1ccc(-n2c3ccccc3c3cc(-n4c5ccccc5c5cc(-c6ccc7c8c6ccc6cccc(c68)n7-c6ccc7c(c6)c6ccccc6n7-c6ccccc6)ccc54)ccc32)cc1. The fourth-order valence-corrected chi connectivity index (χ4v) is 11.5. The second-order valence-electron chi connectivity index (χ2n) is 17.7. The van der Waals surface area contributed by atoms with Crippen LogP contribution in [0.25, 0.3) is 132 Å². The molecule has 0 aliphatic heterocycles. The highest BCUT2D eigenvalue weighted by Gasteiger charge is 2.22. The second kappa shape index (κ2) is 13.3. The minimum Gasteiger partial charge on any atom is -0.309 e. The Hall–Kier alpha value is -8.86. The minimum atomic E-state index is 1.15. The number of nitrogens with zero attached hydrogens (tertiary/aromatic N) is 4. The van der Waals surface area contributed by atoms with E-state index in [0.29, 0.717) is 0 Å². The summed E-state index contributed by atoms with van der Waals surface area (Å²) in [6, 6.07) is 84.9. The molecule has 0 bridgehead atoms. The molecule has 0 fully saturated rings. The van der Waals surface area contributed by atoms with E-state index in [2.05, 4.69) is 249 Å². The average Bonchev–Trinajstić information content (AvgIpc) is 4.11. The van der Waals surface area contributed by atoms with Gasteiger partial charge in [-0.2, -0.15) is 0 Å². The van der Waals surface area contributed by atoms with Gasteiger partial charge in [0, 0.05) is 65.8 Å². The van der Waals surface area contributed by atoms with Crippen LogP contribution in [0.2, 0.25) is 0 Å². The molecule has 11 aromatic carbocycles. The molecule has 0 N–H and O–H groups in total. The molecule has 4 aromatic heterocycles. The Labute approximate surface area is 379 Å². The second-order valence-corrected chi connectivity index (χ2v) is 17.7. The Morgan fingerprint density at radius 2 is 0.636 bits per heavy atom. The quantitative estimate of drug-likeness (QED) is 0.154. The first kappa shape index (κ1) is 35.6. The van der Waals surface area contributed by atoms with Crippen LogP contribution in [0, 0.1) is 0 Å². The molecule has 15 rings (SSSR count). The molecule has 0 amide bonds. The largest absolute Gasteiger partial charge is 0.309 e. The fraction of sp³-hybridized carbons (Fsp3) is 0. The third-order valence-electron chi connectivity index (χ3n) is 14.3. The van der Waals surface area contributed by atoms with Crippen molar-refractivity contribution in [1.82, 2.24) is 18.3 Å². The van der Waals surface area contributed by atoms with Crippen LogP contribution in [-0.4, -0.2) is 18.3 Å². The van der Waals surface area contributed by atoms with Crippen molar-refractivity contribution < 1.29 is 0 Å². The summed E-state index contributed by atoms with van der Waals surface area (Å²) in [5.74, 6) is 0. The van der Waals surface area contributed by atoms with Gasteiger partial charge in [0.25, 0.3) is 0 Å². The third-order valence-corrected chi connectivity index (χ3v) is 14.3. The van der Waals surface area contributed by atoms with Gasteiger partial charge in [-0.25, -0.2) is 0 Å². The summed E-state index contributed by atoms with van der Waals surface area (Å²) in [6.07, 6.45) is 0. The fourth-order valence-electron chi connectivity index (χ4n) is 11.5. The number of fused-ring (bicyclic) bond motifs is 9. The zero-order valence-corrected chi connectivity index (χ0v) is 35.7. The van der Waals surface area contributed by atoms with Crippen LogP contribution in [0.1, 0.15) is 0 Å². The lowest BCUT2D eigenvalue weighted by atomic mass is 9.94. The Morgan fingerprint density at radius 1 is 0.212 bits per heavy atom. The van der Waals surface area contributed by atoms with Gasteiger partial charge in [-0.3, -0.25) is 0 Å². The van der Waals surface area contributed by atoms with E-state index < -0.39 is 0 Å². The van der Waals surface area contributed by atoms with Crippen molar-refractivity contribution in [2.24, 2.45) is 0 Å². The summed E-state index contributed by atoms with van der Waals surface area (Å²) < 4.78 is 9.70. The van der Waals surface area contributed by atoms with Gasteiger partial charge in [0.05, 0.1) is 44.1 Å². The molecule has 15 aromatic rings. The van der Waals surface area contributed by atoms with Crippen LogP contribution in [0.3, 0.4) is 0 Å². The average molecular weight is 839 g/mol. The van der Waals surface area contributed by atoms with Gasteiger partial charge in [0.15, 0.2) is 0 Å². The van der Waals surface area contributed by atoms with E-state index in [9.17, 15) is 0 Å². The summed E-state index contributed by atoms with van der Waals surface area (Å²) in [5.41, 5.74) is 16.7. The van der Waals surface area contributed by atoms with E-state index in [4.69, 9.17) is 0 Å². The highest BCUT2D eigenvalue weighted by atomic mass is 15.0. The van der Waals surface area contributed by atoms with Gasteiger partial charge in [0.1, 0.15) is 0 Å². The van der Waals surface area contributed by atoms with Crippen molar-refractivity contribution in [2.45, 2.75) is 0 Å². The molecule has 0 unspecified atom stereocenters. The Kier molecular flexibility index (Phi) is 7.19. The zero-order valence-electron chi connectivity index (χ0n) is 35.7. The standard InChI is InChI=1S/C62H38N4/c1-3-15-41(16-4-1)63-53-22-10-8-20-47(53)51-37-43(28-33-57(51)63)65-55-24-12-7-19-46(55)50-36-40(27-32-56(50)65)45-31-35-60-62-49(45)30-26-39-14-13-25-59(61(39)62)66(60)44-29-34-58-52(38-44)48-21-9-11-23-54(48)64(58)42-17-5-2-6-18-42/h1-38H. The van der Waals surface area contributed by atoms with Gasteiger partial charge in [-0.05, 0) is 125 Å². The molecule has 0 atom stereocenters. The molecule has 0 aliphatic rings. The Bertz CT molecular complexity index is 4450. The molecule has 0 spiro atoms. The molecule has 306 valence electrons.